The quantitative estimate of drug-likeness (QED) is 0.880. The summed E-state index contributed by atoms with van der Waals surface area (Å²) < 4.78 is 0.951. The van der Waals surface area contributed by atoms with E-state index in [2.05, 4.69) is 21.2 Å². The number of nitrogens with one attached hydrogen (secondary N) is 1. The Morgan fingerprint density at radius 3 is 2.63 bits per heavy atom. The molecular weight excluding hydrogens is 310 g/mol. The van der Waals surface area contributed by atoms with Crippen LogP contribution >= 0.6 is 15.9 Å². The molecule has 3 N–H and O–H groups in total. The fraction of sp³-hybridized carbons (Fsp3) is 0.385. The molecule has 0 heterocycles. The first-order valence-electron chi connectivity index (χ1n) is 5.88. The van der Waals surface area contributed by atoms with Gasteiger partial charge in [0.05, 0.1) is 12.6 Å². The number of hydrogen-bond donors (Lipinski definition) is 2. The normalized spacial score (nSPS) is 11.8. The van der Waals surface area contributed by atoms with E-state index in [0.717, 1.165) is 15.7 Å². The van der Waals surface area contributed by atoms with Crippen molar-refractivity contribution in [1.82, 2.24) is 4.90 Å². The molecule has 0 aliphatic carbocycles. The van der Waals surface area contributed by atoms with Gasteiger partial charge in [0.25, 0.3) is 0 Å². The van der Waals surface area contributed by atoms with Crippen LogP contribution < -0.4 is 11.1 Å². The number of nitrogens with zero attached hydrogens (tertiary/aromatic N) is 1. The van der Waals surface area contributed by atoms with Gasteiger partial charge in [-0.2, -0.15) is 0 Å². The average molecular weight is 328 g/mol. The van der Waals surface area contributed by atoms with Gasteiger partial charge in [0.15, 0.2) is 0 Å². The maximum Gasteiger partial charge on any atom is 0.243 e. The van der Waals surface area contributed by atoms with Crippen LogP contribution in [0.4, 0.5) is 5.69 Å². The summed E-state index contributed by atoms with van der Waals surface area (Å²) in [5, 5.41) is 2.77. The number of likely N-dealkylation sites (N-methyl/N-ethyl adjacent to an activating group) is 1. The van der Waals surface area contributed by atoms with Crippen molar-refractivity contribution < 1.29 is 9.59 Å². The summed E-state index contributed by atoms with van der Waals surface area (Å²) in [6.07, 6.45) is 0. The average Bonchev–Trinajstić information content (AvgIpc) is 2.31. The van der Waals surface area contributed by atoms with E-state index < -0.39 is 6.04 Å². The lowest BCUT2D eigenvalue weighted by Crippen LogP contribution is -2.43. The zero-order valence-electron chi connectivity index (χ0n) is 11.2. The van der Waals surface area contributed by atoms with Gasteiger partial charge in [0, 0.05) is 17.2 Å². The van der Waals surface area contributed by atoms with Gasteiger partial charge in [0.2, 0.25) is 11.8 Å². The van der Waals surface area contributed by atoms with Gasteiger partial charge in [-0.1, -0.05) is 15.9 Å². The predicted octanol–water partition coefficient (Wildman–Crippen LogP) is 1.50. The van der Waals surface area contributed by atoms with Crippen molar-refractivity contribution in [1.29, 1.82) is 0 Å². The number of nitrogens with two attached hydrogens (primary N) is 1. The van der Waals surface area contributed by atoms with E-state index in [4.69, 9.17) is 5.73 Å². The molecular formula is C13H18BrN3O2. The molecule has 19 heavy (non-hydrogen) atoms. The maximum absolute atomic E-state index is 11.8. The molecule has 0 radical (unpaired) electrons. The molecule has 0 fully saturated rings. The first-order valence-corrected chi connectivity index (χ1v) is 6.67. The highest BCUT2D eigenvalue weighted by molar-refractivity contribution is 9.10. The third-order valence-corrected chi connectivity index (χ3v) is 3.10. The number of halogens is 1. The number of anilines is 1. The maximum atomic E-state index is 11.8. The van der Waals surface area contributed by atoms with Crippen LogP contribution in [0.25, 0.3) is 0 Å². The first-order chi connectivity index (χ1) is 8.81. The van der Waals surface area contributed by atoms with Gasteiger partial charge < -0.3 is 16.0 Å². The Morgan fingerprint density at radius 1 is 1.47 bits per heavy atom. The Balaban J connectivity index is 2.63. The Kier molecular flexibility index (Phi) is 5.50. The second-order valence-corrected chi connectivity index (χ2v) is 5.41. The molecule has 0 spiro atoms. The minimum Gasteiger partial charge on any atom is -0.335 e. The molecule has 0 aliphatic rings. The van der Waals surface area contributed by atoms with Gasteiger partial charge in [-0.05, 0) is 37.6 Å². The van der Waals surface area contributed by atoms with Crippen LogP contribution in [0, 0.1) is 6.92 Å². The Labute approximate surface area is 121 Å². The fourth-order valence-electron chi connectivity index (χ4n) is 1.60. The molecule has 0 saturated carbocycles. The number of benzene rings is 1. The van der Waals surface area contributed by atoms with Gasteiger partial charge in [-0.15, -0.1) is 0 Å². The molecule has 2 amide bonds. The summed E-state index contributed by atoms with van der Waals surface area (Å²) in [4.78, 5) is 24.7. The van der Waals surface area contributed by atoms with E-state index in [-0.39, 0.29) is 18.4 Å². The second kappa shape index (κ2) is 6.68. The van der Waals surface area contributed by atoms with E-state index in [1.165, 1.54) is 4.90 Å². The van der Waals surface area contributed by atoms with Crippen molar-refractivity contribution in [2.75, 3.05) is 18.9 Å². The van der Waals surface area contributed by atoms with E-state index in [1.807, 2.05) is 25.1 Å². The number of amides is 2. The van der Waals surface area contributed by atoms with Crippen molar-refractivity contribution in [2.45, 2.75) is 19.9 Å². The van der Waals surface area contributed by atoms with Crippen LogP contribution in [-0.2, 0) is 9.59 Å². The molecule has 0 bridgehead atoms. The monoisotopic (exact) mass is 327 g/mol. The van der Waals surface area contributed by atoms with Gasteiger partial charge >= 0.3 is 0 Å². The van der Waals surface area contributed by atoms with Crippen molar-refractivity contribution >= 4 is 33.4 Å². The molecule has 1 aromatic carbocycles. The van der Waals surface area contributed by atoms with Crippen LogP contribution in [-0.4, -0.2) is 36.3 Å². The predicted molar refractivity (Wildman–Crippen MR) is 78.8 cm³/mol. The van der Waals surface area contributed by atoms with E-state index >= 15 is 0 Å². The third kappa shape index (κ3) is 4.65. The summed E-state index contributed by atoms with van der Waals surface area (Å²) >= 11 is 3.36. The molecule has 0 saturated heterocycles. The van der Waals surface area contributed by atoms with E-state index in [0.29, 0.717) is 0 Å². The number of hydrogen-bond acceptors (Lipinski definition) is 3. The molecule has 0 aliphatic heterocycles. The third-order valence-electron chi connectivity index (χ3n) is 2.61. The van der Waals surface area contributed by atoms with E-state index in [9.17, 15) is 9.59 Å². The molecule has 5 nitrogen and oxygen atoms in total. The summed E-state index contributed by atoms with van der Waals surface area (Å²) in [6, 6.07) is 4.96. The molecule has 6 heteroatoms. The number of rotatable bonds is 4. The topological polar surface area (TPSA) is 75.4 Å². The van der Waals surface area contributed by atoms with Crippen LogP contribution in [0.15, 0.2) is 22.7 Å². The lowest BCUT2D eigenvalue weighted by Gasteiger charge is -2.19. The fourth-order valence-corrected chi connectivity index (χ4v) is 2.07. The highest BCUT2D eigenvalue weighted by Gasteiger charge is 2.16. The van der Waals surface area contributed by atoms with Crippen molar-refractivity contribution in [2.24, 2.45) is 5.73 Å². The first kappa shape index (κ1) is 15.7. The Hall–Kier alpha value is -1.40. The van der Waals surface area contributed by atoms with Crippen LogP contribution in [0.5, 0.6) is 0 Å². The zero-order valence-corrected chi connectivity index (χ0v) is 12.8. The van der Waals surface area contributed by atoms with Gasteiger partial charge in [-0.3, -0.25) is 9.59 Å². The van der Waals surface area contributed by atoms with Crippen molar-refractivity contribution in [3.05, 3.63) is 28.2 Å². The summed E-state index contributed by atoms with van der Waals surface area (Å²) in [5.74, 6) is -0.510. The highest BCUT2D eigenvalue weighted by Crippen LogP contribution is 2.19. The lowest BCUT2D eigenvalue weighted by molar-refractivity contribution is -0.134. The highest BCUT2D eigenvalue weighted by atomic mass is 79.9. The van der Waals surface area contributed by atoms with Crippen molar-refractivity contribution in [3.8, 4) is 0 Å². The minimum atomic E-state index is -0.604. The lowest BCUT2D eigenvalue weighted by atomic mass is 10.2. The molecule has 0 unspecified atom stereocenters. The molecule has 1 rings (SSSR count). The summed E-state index contributed by atoms with van der Waals surface area (Å²) in [6.45, 7) is 3.47. The molecule has 104 valence electrons. The number of carbonyl (C=O) groups is 2. The van der Waals surface area contributed by atoms with Crippen molar-refractivity contribution in [3.63, 3.8) is 0 Å². The smallest absolute Gasteiger partial charge is 0.243 e. The number of carbonyl (C=O) groups excluding carboxylic acids is 2. The SMILES string of the molecule is Cc1cc(Br)ccc1NC(=O)CN(C)C(=O)[C@@H](C)N. The zero-order chi connectivity index (χ0) is 14.6. The van der Waals surface area contributed by atoms with Crippen LogP contribution in [0.1, 0.15) is 12.5 Å². The molecule has 1 atom stereocenters. The Morgan fingerprint density at radius 2 is 2.11 bits per heavy atom. The van der Waals surface area contributed by atoms with Crippen LogP contribution in [0.3, 0.4) is 0 Å². The minimum absolute atomic E-state index is 0.0180. The number of aryl methyl sites for hydroxylation is 1. The van der Waals surface area contributed by atoms with E-state index in [1.54, 1.807) is 14.0 Å². The summed E-state index contributed by atoms with van der Waals surface area (Å²) in [5.41, 5.74) is 7.16. The largest absolute Gasteiger partial charge is 0.335 e. The molecule has 1 aromatic rings. The van der Waals surface area contributed by atoms with Gasteiger partial charge in [-0.25, -0.2) is 0 Å². The Bertz CT molecular complexity index is 489. The van der Waals surface area contributed by atoms with Gasteiger partial charge in [0.1, 0.15) is 0 Å². The molecule has 0 aromatic heterocycles. The van der Waals surface area contributed by atoms with Crippen LogP contribution in [0.2, 0.25) is 0 Å². The summed E-state index contributed by atoms with van der Waals surface area (Å²) in [7, 11) is 1.56. The standard InChI is InChI=1S/C13H18BrN3O2/c1-8-6-10(14)4-5-11(8)16-12(18)7-17(3)13(19)9(2)15/h4-6,9H,7,15H2,1-3H3,(H,16,18)/t9-/m1/s1. The second-order valence-electron chi connectivity index (χ2n) is 4.49.